The molecule has 3 heteroatoms. The Labute approximate surface area is 107 Å². The molecule has 1 rings (SSSR count). The Kier molecular flexibility index (Phi) is 6.45. The van der Waals surface area contributed by atoms with Crippen LogP contribution in [0.2, 0.25) is 0 Å². The molecule has 1 aliphatic rings. The van der Waals surface area contributed by atoms with Gasteiger partial charge in [0.05, 0.1) is 6.61 Å². The molecule has 0 aromatic heterocycles. The molecule has 0 spiro atoms. The van der Waals surface area contributed by atoms with Crippen molar-refractivity contribution in [3.63, 3.8) is 0 Å². The average molecular weight is 242 g/mol. The summed E-state index contributed by atoms with van der Waals surface area (Å²) in [7, 11) is 0. The molecule has 0 aliphatic heterocycles. The van der Waals surface area contributed by atoms with Gasteiger partial charge in [-0.15, -0.1) is 0 Å². The van der Waals surface area contributed by atoms with E-state index in [1.807, 2.05) is 0 Å². The SMILES string of the molecule is CCCC(C)(CNC1CC1)CN(CC)CCO. The van der Waals surface area contributed by atoms with Gasteiger partial charge in [0.1, 0.15) is 0 Å². The summed E-state index contributed by atoms with van der Waals surface area (Å²) < 4.78 is 0. The van der Waals surface area contributed by atoms with E-state index in [0.29, 0.717) is 5.41 Å². The third-order valence-corrected chi connectivity index (χ3v) is 3.72. The number of nitrogens with one attached hydrogen (secondary N) is 1. The van der Waals surface area contributed by atoms with Crippen LogP contribution in [0.5, 0.6) is 0 Å². The summed E-state index contributed by atoms with van der Waals surface area (Å²) in [6.07, 6.45) is 5.21. The molecule has 0 aromatic rings. The first kappa shape index (κ1) is 14.9. The van der Waals surface area contributed by atoms with Gasteiger partial charge in [-0.05, 0) is 31.2 Å². The molecule has 3 nitrogen and oxygen atoms in total. The predicted molar refractivity (Wildman–Crippen MR) is 73.2 cm³/mol. The highest BCUT2D eigenvalue weighted by Crippen LogP contribution is 2.26. The Morgan fingerprint density at radius 2 is 2.06 bits per heavy atom. The second-order valence-electron chi connectivity index (χ2n) is 5.81. The largest absolute Gasteiger partial charge is 0.395 e. The second-order valence-corrected chi connectivity index (χ2v) is 5.81. The van der Waals surface area contributed by atoms with Crippen LogP contribution in [-0.4, -0.2) is 48.8 Å². The molecule has 2 N–H and O–H groups in total. The highest BCUT2D eigenvalue weighted by atomic mass is 16.3. The van der Waals surface area contributed by atoms with Crippen LogP contribution < -0.4 is 5.32 Å². The lowest BCUT2D eigenvalue weighted by atomic mass is 9.84. The van der Waals surface area contributed by atoms with Crippen LogP contribution in [0.1, 0.15) is 46.5 Å². The van der Waals surface area contributed by atoms with E-state index in [9.17, 15) is 0 Å². The van der Waals surface area contributed by atoms with Crippen LogP contribution in [-0.2, 0) is 0 Å². The van der Waals surface area contributed by atoms with Crippen LogP contribution in [0.4, 0.5) is 0 Å². The van der Waals surface area contributed by atoms with Crippen molar-refractivity contribution in [3.05, 3.63) is 0 Å². The number of rotatable bonds is 10. The van der Waals surface area contributed by atoms with E-state index in [0.717, 1.165) is 32.2 Å². The first-order chi connectivity index (χ1) is 8.13. The molecule has 1 aliphatic carbocycles. The van der Waals surface area contributed by atoms with E-state index in [-0.39, 0.29) is 6.61 Å². The summed E-state index contributed by atoms with van der Waals surface area (Å²) in [5, 5.41) is 12.7. The molecule has 0 saturated heterocycles. The Bertz CT molecular complexity index is 206. The lowest BCUT2D eigenvalue weighted by molar-refractivity contribution is 0.129. The Hall–Kier alpha value is -0.120. The van der Waals surface area contributed by atoms with E-state index in [1.54, 1.807) is 0 Å². The van der Waals surface area contributed by atoms with Crippen molar-refractivity contribution >= 4 is 0 Å². The van der Waals surface area contributed by atoms with Crippen molar-refractivity contribution in [1.29, 1.82) is 0 Å². The van der Waals surface area contributed by atoms with Crippen molar-refractivity contribution in [3.8, 4) is 0 Å². The third-order valence-electron chi connectivity index (χ3n) is 3.72. The van der Waals surface area contributed by atoms with E-state index < -0.39 is 0 Å². The molecule has 0 radical (unpaired) electrons. The van der Waals surface area contributed by atoms with Crippen LogP contribution in [0.15, 0.2) is 0 Å². The van der Waals surface area contributed by atoms with Gasteiger partial charge in [0.15, 0.2) is 0 Å². The average Bonchev–Trinajstić information content (AvgIpc) is 3.10. The topological polar surface area (TPSA) is 35.5 Å². The summed E-state index contributed by atoms with van der Waals surface area (Å²) >= 11 is 0. The molecule has 0 amide bonds. The zero-order valence-corrected chi connectivity index (χ0v) is 11.8. The van der Waals surface area contributed by atoms with Gasteiger partial charge in [-0.2, -0.15) is 0 Å². The highest BCUT2D eigenvalue weighted by Gasteiger charge is 2.29. The number of aliphatic hydroxyl groups is 1. The minimum Gasteiger partial charge on any atom is -0.395 e. The van der Waals surface area contributed by atoms with Gasteiger partial charge < -0.3 is 15.3 Å². The third kappa shape index (κ3) is 5.84. The van der Waals surface area contributed by atoms with Gasteiger partial charge in [0.2, 0.25) is 0 Å². The van der Waals surface area contributed by atoms with Crippen molar-refractivity contribution in [2.75, 3.05) is 32.8 Å². The summed E-state index contributed by atoms with van der Waals surface area (Å²) in [5.41, 5.74) is 0.350. The molecule has 0 bridgehead atoms. The van der Waals surface area contributed by atoms with Gasteiger partial charge in [0.25, 0.3) is 0 Å². The summed E-state index contributed by atoms with van der Waals surface area (Å²) in [5.74, 6) is 0. The highest BCUT2D eigenvalue weighted by molar-refractivity contribution is 4.87. The Balaban J connectivity index is 2.41. The van der Waals surface area contributed by atoms with Crippen molar-refractivity contribution in [2.24, 2.45) is 5.41 Å². The number of hydrogen-bond acceptors (Lipinski definition) is 3. The molecule has 1 fully saturated rings. The predicted octanol–water partition coefficient (Wildman–Crippen LogP) is 1.86. The molecule has 1 atom stereocenters. The van der Waals surface area contributed by atoms with E-state index in [4.69, 9.17) is 5.11 Å². The second kappa shape index (κ2) is 7.34. The fraction of sp³-hybridized carbons (Fsp3) is 1.00. The number of aliphatic hydroxyl groups excluding tert-OH is 1. The van der Waals surface area contributed by atoms with Crippen molar-refractivity contribution in [2.45, 2.75) is 52.5 Å². The normalized spacial score (nSPS) is 19.6. The number of hydrogen-bond donors (Lipinski definition) is 2. The first-order valence-corrected chi connectivity index (χ1v) is 7.20. The fourth-order valence-corrected chi connectivity index (χ4v) is 2.54. The van der Waals surface area contributed by atoms with Gasteiger partial charge in [-0.1, -0.05) is 27.2 Å². The van der Waals surface area contributed by atoms with Crippen LogP contribution in [0.3, 0.4) is 0 Å². The van der Waals surface area contributed by atoms with E-state index in [2.05, 4.69) is 31.0 Å². The fourth-order valence-electron chi connectivity index (χ4n) is 2.54. The molecule has 0 heterocycles. The van der Waals surface area contributed by atoms with Gasteiger partial charge >= 0.3 is 0 Å². The monoisotopic (exact) mass is 242 g/mol. The van der Waals surface area contributed by atoms with Crippen molar-refractivity contribution in [1.82, 2.24) is 10.2 Å². The first-order valence-electron chi connectivity index (χ1n) is 7.20. The maximum atomic E-state index is 9.07. The molecule has 1 saturated carbocycles. The zero-order chi connectivity index (χ0) is 12.7. The number of nitrogens with zero attached hydrogens (tertiary/aromatic N) is 1. The van der Waals surface area contributed by atoms with Gasteiger partial charge in [0, 0.05) is 25.7 Å². The minimum absolute atomic E-state index is 0.270. The van der Waals surface area contributed by atoms with E-state index >= 15 is 0 Å². The summed E-state index contributed by atoms with van der Waals surface area (Å²) in [6.45, 7) is 11.1. The summed E-state index contributed by atoms with van der Waals surface area (Å²) in [6, 6.07) is 0.791. The quantitative estimate of drug-likeness (QED) is 0.614. The van der Waals surface area contributed by atoms with Gasteiger partial charge in [-0.3, -0.25) is 0 Å². The van der Waals surface area contributed by atoms with Crippen LogP contribution >= 0.6 is 0 Å². The number of likely N-dealkylation sites (N-methyl/N-ethyl adjacent to an activating group) is 1. The summed E-state index contributed by atoms with van der Waals surface area (Å²) in [4.78, 5) is 2.37. The maximum Gasteiger partial charge on any atom is 0.0558 e. The smallest absolute Gasteiger partial charge is 0.0558 e. The minimum atomic E-state index is 0.270. The van der Waals surface area contributed by atoms with Gasteiger partial charge in [-0.25, -0.2) is 0 Å². The molecule has 102 valence electrons. The lowest BCUT2D eigenvalue weighted by Gasteiger charge is -2.35. The molecular formula is C14H30N2O. The van der Waals surface area contributed by atoms with Crippen LogP contribution in [0, 0.1) is 5.41 Å². The zero-order valence-electron chi connectivity index (χ0n) is 11.8. The Morgan fingerprint density at radius 1 is 1.35 bits per heavy atom. The van der Waals surface area contributed by atoms with Crippen molar-refractivity contribution < 1.29 is 5.11 Å². The standard InChI is InChI=1S/C14H30N2O/c1-4-8-14(3,11-15-13-6-7-13)12-16(5-2)9-10-17/h13,15,17H,4-12H2,1-3H3. The lowest BCUT2D eigenvalue weighted by Crippen LogP contribution is -2.43. The molecular weight excluding hydrogens is 212 g/mol. The molecule has 17 heavy (non-hydrogen) atoms. The Morgan fingerprint density at radius 3 is 2.53 bits per heavy atom. The molecule has 0 aromatic carbocycles. The van der Waals surface area contributed by atoms with Crippen LogP contribution in [0.25, 0.3) is 0 Å². The maximum absolute atomic E-state index is 9.07. The molecule has 1 unspecified atom stereocenters. The van der Waals surface area contributed by atoms with E-state index in [1.165, 1.54) is 25.7 Å².